The summed E-state index contributed by atoms with van der Waals surface area (Å²) < 4.78 is 0. The monoisotopic (exact) mass is 1740 g/mol. The van der Waals surface area contributed by atoms with Crippen molar-refractivity contribution < 1.29 is 117 Å². The number of rotatable bonds is 54. The van der Waals surface area contributed by atoms with E-state index in [1.54, 1.807) is 47.8 Å². The normalized spacial score (nSPS) is 15.9. The van der Waals surface area contributed by atoms with Gasteiger partial charge in [0.1, 0.15) is 96.1 Å². The molecule has 0 aromatic heterocycles. The number of nitrogens with zero attached hydrogens (tertiary/aromatic N) is 2. The Balaban J connectivity index is 1.69. The number of guanidine groups is 1. The predicted molar refractivity (Wildman–Crippen MR) is 441 cm³/mol. The molecular formula is C77H122N20O24S. The molecule has 29 N–H and O–H groups in total. The third kappa shape index (κ3) is 37.6. The van der Waals surface area contributed by atoms with Crippen molar-refractivity contribution in [3.63, 3.8) is 0 Å². The Morgan fingerprint density at radius 2 is 0.844 bits per heavy atom. The number of carboxylic acid groups (broad SMARTS) is 1. The van der Waals surface area contributed by atoms with Crippen LogP contribution in [0.3, 0.4) is 0 Å². The molecule has 0 aliphatic carbocycles. The van der Waals surface area contributed by atoms with E-state index in [-0.39, 0.29) is 113 Å². The van der Waals surface area contributed by atoms with Gasteiger partial charge >= 0.3 is 5.97 Å². The highest BCUT2D eigenvalue weighted by molar-refractivity contribution is 7.98. The van der Waals surface area contributed by atoms with Gasteiger partial charge in [-0.05, 0) is 137 Å². The van der Waals surface area contributed by atoms with E-state index >= 15 is 0 Å². The zero-order valence-corrected chi connectivity index (χ0v) is 70.7. The van der Waals surface area contributed by atoms with Gasteiger partial charge in [-0.15, -0.1) is 0 Å². The van der Waals surface area contributed by atoms with Crippen LogP contribution >= 0.6 is 11.8 Å². The van der Waals surface area contributed by atoms with E-state index in [1.807, 2.05) is 0 Å². The number of aliphatic carboxylic acids is 1. The van der Waals surface area contributed by atoms with Gasteiger partial charge in [0.15, 0.2) is 5.96 Å². The highest BCUT2D eigenvalue weighted by atomic mass is 32.2. The smallest absolute Gasteiger partial charge is 0.326 e. The first kappa shape index (κ1) is 105. The van der Waals surface area contributed by atoms with E-state index in [4.69, 9.17) is 22.9 Å². The van der Waals surface area contributed by atoms with Gasteiger partial charge in [0.2, 0.25) is 94.5 Å². The lowest BCUT2D eigenvalue weighted by Crippen LogP contribution is -2.61. The van der Waals surface area contributed by atoms with Crippen molar-refractivity contribution in [2.24, 2.45) is 45.7 Å². The van der Waals surface area contributed by atoms with Crippen molar-refractivity contribution in [2.45, 2.75) is 223 Å². The Bertz CT molecular complexity index is 3910. The molecule has 0 bridgehead atoms. The Morgan fingerprint density at radius 3 is 1.25 bits per heavy atom. The number of aromatic hydroxyl groups is 2. The molecule has 1 heterocycles. The summed E-state index contributed by atoms with van der Waals surface area (Å²) in [6.07, 6.45) is -0.567. The van der Waals surface area contributed by atoms with E-state index in [9.17, 15) is 117 Å². The van der Waals surface area contributed by atoms with Gasteiger partial charge in [-0.2, -0.15) is 11.8 Å². The summed E-state index contributed by atoms with van der Waals surface area (Å²) in [5, 5.41) is 105. The summed E-state index contributed by atoms with van der Waals surface area (Å²) in [7, 11) is 0. The first-order valence-electron chi connectivity index (χ1n) is 39.8. The second kappa shape index (κ2) is 53.3. The van der Waals surface area contributed by atoms with Gasteiger partial charge in [-0.3, -0.25) is 81.7 Å². The number of carbonyl (C=O) groups is 17. The van der Waals surface area contributed by atoms with Gasteiger partial charge < -0.3 is 138 Å². The Labute approximate surface area is 709 Å². The number of benzene rings is 2. The molecule has 0 unspecified atom stereocenters. The lowest BCUT2D eigenvalue weighted by atomic mass is 9.99. The number of nitrogens with one attached hydrogen (secondary N) is 14. The first-order chi connectivity index (χ1) is 57.4. The molecule has 0 spiro atoms. The molecule has 0 radical (unpaired) electrons. The summed E-state index contributed by atoms with van der Waals surface area (Å²) in [6, 6.07) is -10.4. The third-order valence-electron chi connectivity index (χ3n) is 18.9. The number of hydrogen-bond donors (Lipinski definition) is 25. The highest BCUT2D eigenvalue weighted by Crippen LogP contribution is 2.22. The van der Waals surface area contributed by atoms with Crippen molar-refractivity contribution in [1.29, 1.82) is 0 Å². The van der Waals surface area contributed by atoms with Crippen molar-refractivity contribution in [3.8, 4) is 11.5 Å². The van der Waals surface area contributed by atoms with Crippen LogP contribution in [0.25, 0.3) is 0 Å². The van der Waals surface area contributed by atoms with Crippen LogP contribution < -0.4 is 97.4 Å². The van der Waals surface area contributed by atoms with Crippen molar-refractivity contribution in [3.05, 3.63) is 59.7 Å². The van der Waals surface area contributed by atoms with Crippen LogP contribution in [-0.2, 0) is 94.3 Å². The molecular weight excluding hydrogens is 1620 g/mol. The largest absolute Gasteiger partial charge is 0.508 e. The maximum Gasteiger partial charge on any atom is 0.326 e. The van der Waals surface area contributed by atoms with E-state index < -0.39 is 237 Å². The van der Waals surface area contributed by atoms with Gasteiger partial charge in [-0.25, -0.2) is 4.79 Å². The number of aliphatic hydroxyl groups is 4. The second-order valence-corrected chi connectivity index (χ2v) is 31.6. The van der Waals surface area contributed by atoms with E-state index in [0.717, 1.165) is 4.90 Å². The van der Waals surface area contributed by atoms with Gasteiger partial charge in [0, 0.05) is 32.4 Å². The van der Waals surface area contributed by atoms with E-state index in [0.29, 0.717) is 16.9 Å². The van der Waals surface area contributed by atoms with E-state index in [1.165, 1.54) is 74.1 Å². The summed E-state index contributed by atoms with van der Waals surface area (Å²) in [5.41, 5.74) is 22.7. The fraction of sp³-hybridized carbons (Fsp3) is 0.610. The molecule has 0 saturated carbocycles. The first-order valence-corrected chi connectivity index (χ1v) is 41.2. The van der Waals surface area contributed by atoms with Crippen LogP contribution in [0.5, 0.6) is 11.5 Å². The maximum atomic E-state index is 14.5. The number of aliphatic imine (C=N–C) groups is 1. The topological polar surface area (TPSA) is 720 Å². The Hall–Kier alpha value is -11.6. The number of aliphatic hydroxyl groups excluding tert-OH is 4. The van der Waals surface area contributed by atoms with Gasteiger partial charge in [0.25, 0.3) is 0 Å². The number of phenols is 2. The van der Waals surface area contributed by atoms with Crippen LogP contribution in [0.2, 0.25) is 0 Å². The average Bonchev–Trinajstić information content (AvgIpc) is 1.73. The molecule has 3 rings (SSSR count). The number of primary amides is 1. The minimum absolute atomic E-state index is 0.0107. The quantitative estimate of drug-likeness (QED) is 0.0166. The van der Waals surface area contributed by atoms with Crippen molar-refractivity contribution >= 4 is 118 Å². The zero-order chi connectivity index (χ0) is 91.8. The molecule has 1 fully saturated rings. The highest BCUT2D eigenvalue weighted by Gasteiger charge is 2.41. The van der Waals surface area contributed by atoms with Crippen LogP contribution in [0.1, 0.15) is 131 Å². The number of nitrogens with two attached hydrogens (primary N) is 4. The number of amides is 16. The van der Waals surface area contributed by atoms with E-state index in [2.05, 4.69) is 79.4 Å². The predicted octanol–water partition coefficient (Wildman–Crippen LogP) is -8.08. The van der Waals surface area contributed by atoms with Gasteiger partial charge in [0.05, 0.1) is 39.0 Å². The number of thioether (sulfide) groups is 1. The molecule has 45 heteroatoms. The van der Waals surface area contributed by atoms with Crippen LogP contribution in [0.4, 0.5) is 0 Å². The molecule has 1 aliphatic heterocycles. The number of carboxylic acids is 1. The molecule has 44 nitrogen and oxygen atoms in total. The molecule has 1 aliphatic rings. The van der Waals surface area contributed by atoms with Crippen molar-refractivity contribution in [1.82, 2.24) is 79.3 Å². The molecule has 1 saturated heterocycles. The summed E-state index contributed by atoms with van der Waals surface area (Å²) in [5.74, 6) is -17.9. The number of phenolic OH excluding ortho intramolecular Hbond substituents is 2. The molecule has 15 atom stereocenters. The van der Waals surface area contributed by atoms with Crippen LogP contribution in [0, 0.1) is 17.8 Å². The summed E-state index contributed by atoms with van der Waals surface area (Å²) in [4.78, 5) is 236. The molecule has 680 valence electrons. The molecule has 2 aromatic carbocycles. The van der Waals surface area contributed by atoms with Crippen LogP contribution in [0.15, 0.2) is 53.5 Å². The van der Waals surface area contributed by atoms with Gasteiger partial charge in [-0.1, -0.05) is 65.8 Å². The molecule has 122 heavy (non-hydrogen) atoms. The standard InChI is InChI=1S/C77H122N20O24S/c1-38(2)28-50(64(108)84-34-61(106)87-56(36-99)71(115)94-54(32-44-16-20-46(103)21-17-44)69(113)96-57(37-100)72(116)95-53(31-43-14-18-45(102)19-15-43)68(112)90-49(76(120)121)12-10-25-82-77(80)81)91-70(114)55(35-98)86-60(105)33-83-63(107)41(7)85-73(117)58-13-11-26-97(58)75(119)48(22-23-59(78)104)89-66(110)51(29-39(3)4)93-67(111)52(30-40(5)6)92-65(109)47(24-27-122-9)88-74(118)62(79)42(8)101/h14-21,38-42,47-58,62,98-103H,10-13,22-37,79H2,1-9H3,(H2,78,104)(H,83,107)(H,84,108)(H,85,117)(H,86,105)(H,87,106)(H,88,118)(H,89,110)(H,90,112)(H,91,114)(H,92,109)(H,93,111)(H,94,115)(H,95,116)(H,96,113)(H,120,121)(H4,80,81,82)/t41-,42+,47-,48-,49-,50-,51-,52-,53-,54-,55-,56-,57-,58-,62-/m0/s1. The minimum atomic E-state index is -1.88. The molecule has 2 aromatic rings. The third-order valence-corrected chi connectivity index (χ3v) is 19.5. The zero-order valence-electron chi connectivity index (χ0n) is 69.8. The second-order valence-electron chi connectivity index (χ2n) is 30.7. The number of carbonyl (C=O) groups excluding carboxylic acids is 16. The minimum Gasteiger partial charge on any atom is -0.508 e. The Kier molecular flexibility index (Phi) is 45.7. The molecule has 16 amide bonds. The van der Waals surface area contributed by atoms with Crippen LogP contribution in [-0.4, -0.2) is 296 Å². The lowest BCUT2D eigenvalue weighted by molar-refractivity contribution is -0.143. The number of hydrogen-bond acceptors (Lipinski definition) is 26. The SMILES string of the molecule is CSCC[C@H](NC(=O)[C@@H](N)[C@@H](C)O)C(=O)N[C@@H](CC(C)C)C(=O)N[C@@H](CC(C)C)C(=O)N[C@@H](CCC(N)=O)C(=O)N1CCC[C@H]1C(=O)N[C@@H](C)C(=O)NCC(=O)N[C@@H](CO)C(=O)N[C@@H](CC(C)C)C(=O)NCC(=O)N[C@@H](CO)C(=O)N[C@@H](Cc1ccc(O)cc1)C(=O)N[C@@H](CO)C(=O)N[C@@H](Cc1ccc(O)cc1)C(=O)N[C@@H](CCCN=C(N)N)C(=O)O. The maximum absolute atomic E-state index is 14.5. The summed E-state index contributed by atoms with van der Waals surface area (Å²) >= 11 is 1.39. The fourth-order valence-electron chi connectivity index (χ4n) is 12.3. The fourth-order valence-corrected chi connectivity index (χ4v) is 12.8. The average molecular weight is 1740 g/mol. The number of likely N-dealkylation sites (tertiary alicyclic amines) is 1. The summed E-state index contributed by atoms with van der Waals surface area (Å²) in [6.45, 7) is 7.88. The Morgan fingerprint density at radius 1 is 0.467 bits per heavy atom. The van der Waals surface area contributed by atoms with Crippen molar-refractivity contribution in [2.75, 3.05) is 58.0 Å². The lowest BCUT2D eigenvalue weighted by Gasteiger charge is -2.31.